The van der Waals surface area contributed by atoms with Gasteiger partial charge in [-0.25, -0.2) is 0 Å². The standard InChI is InChI=1S/C18H15ClO5S/c20-19(21,22)24-25(23,16-10-4-1-5-11-16,17-12-6-2-7-13-17)18-14-8-3-9-15-18/h1-15H. The third kappa shape index (κ3) is 3.11. The molecule has 0 bridgehead atoms. The van der Waals surface area contributed by atoms with Crippen molar-refractivity contribution in [2.24, 2.45) is 0 Å². The molecule has 0 radical (unpaired) electrons. The van der Waals surface area contributed by atoms with Crippen molar-refractivity contribution < 1.29 is 32.2 Å². The largest absolute Gasteiger partial charge is 0.203 e. The Morgan fingerprint density at radius 1 is 0.600 bits per heavy atom. The molecule has 3 aromatic carbocycles. The van der Waals surface area contributed by atoms with E-state index in [0.29, 0.717) is 0 Å². The van der Waals surface area contributed by atoms with E-state index in [1.54, 1.807) is 54.6 Å². The summed E-state index contributed by atoms with van der Waals surface area (Å²) in [6.07, 6.45) is 0. The van der Waals surface area contributed by atoms with Crippen LogP contribution in [-0.4, -0.2) is 4.21 Å². The highest BCUT2D eigenvalue weighted by molar-refractivity contribution is 8.16. The fraction of sp³-hybridized carbons (Fsp3) is 0. The third-order valence-electron chi connectivity index (χ3n) is 3.71. The van der Waals surface area contributed by atoms with E-state index in [4.69, 9.17) is 3.74 Å². The van der Waals surface area contributed by atoms with Crippen LogP contribution >= 0.6 is 0 Å². The van der Waals surface area contributed by atoms with Crippen LogP contribution in [0, 0.1) is 10.2 Å². The van der Waals surface area contributed by atoms with E-state index in [2.05, 4.69) is 0 Å². The fourth-order valence-corrected chi connectivity index (χ4v) is 7.49. The number of hydrogen-bond acceptors (Lipinski definition) is 5. The smallest absolute Gasteiger partial charge is 0.181 e. The van der Waals surface area contributed by atoms with Crippen LogP contribution in [-0.2, 0) is 13.1 Å². The van der Waals surface area contributed by atoms with Crippen molar-refractivity contribution in [2.45, 2.75) is 14.7 Å². The topological polar surface area (TPSA) is 95.5 Å². The SMILES string of the molecule is O=S(O[Cl+3]([O-])([O-])[O-])(c1ccccc1)(c1ccccc1)c1ccccc1. The summed E-state index contributed by atoms with van der Waals surface area (Å²) >= 11 is 0. The van der Waals surface area contributed by atoms with E-state index in [0.717, 1.165) is 0 Å². The molecule has 0 N–H and O–H groups in total. The Morgan fingerprint density at radius 3 is 1.12 bits per heavy atom. The molecule has 5 nitrogen and oxygen atoms in total. The molecule has 0 aliphatic heterocycles. The van der Waals surface area contributed by atoms with Crippen LogP contribution in [0.1, 0.15) is 0 Å². The zero-order chi connectivity index (χ0) is 18.0. The predicted octanol–water partition coefficient (Wildman–Crippen LogP) is 0.813. The molecular weight excluding hydrogens is 364 g/mol. The first kappa shape index (κ1) is 17.8. The van der Waals surface area contributed by atoms with Crippen LogP contribution < -0.4 is 14.0 Å². The van der Waals surface area contributed by atoms with Crippen molar-refractivity contribution in [3.63, 3.8) is 0 Å². The van der Waals surface area contributed by atoms with Crippen LogP contribution in [0.25, 0.3) is 0 Å². The number of hydrogen-bond donors (Lipinski definition) is 0. The summed E-state index contributed by atoms with van der Waals surface area (Å²) in [5.74, 6) is 0. The van der Waals surface area contributed by atoms with Crippen molar-refractivity contribution in [1.82, 2.24) is 0 Å². The Kier molecular flexibility index (Phi) is 4.51. The highest BCUT2D eigenvalue weighted by atomic mass is 35.7. The Balaban J connectivity index is 2.47. The Hall–Kier alpha value is -2.06. The lowest BCUT2D eigenvalue weighted by Gasteiger charge is -2.42. The molecule has 0 unspecified atom stereocenters. The van der Waals surface area contributed by atoms with E-state index in [-0.39, 0.29) is 14.7 Å². The minimum absolute atomic E-state index is 0.0869. The van der Waals surface area contributed by atoms with Crippen molar-refractivity contribution in [2.75, 3.05) is 0 Å². The predicted molar refractivity (Wildman–Crippen MR) is 83.4 cm³/mol. The number of benzene rings is 3. The fourth-order valence-electron chi connectivity index (χ4n) is 2.67. The molecule has 7 heteroatoms. The van der Waals surface area contributed by atoms with E-state index in [1.807, 2.05) is 0 Å². The Morgan fingerprint density at radius 2 is 0.880 bits per heavy atom. The third-order valence-corrected chi connectivity index (χ3v) is 8.68. The Labute approximate surface area is 147 Å². The molecular formula is C18H15ClO5S. The van der Waals surface area contributed by atoms with Crippen LogP contribution in [0.2, 0.25) is 0 Å². The minimum Gasteiger partial charge on any atom is -0.181 e. The molecule has 130 valence electrons. The molecule has 0 saturated heterocycles. The second-order valence-electron chi connectivity index (χ2n) is 5.25. The molecule has 0 aromatic heterocycles. The zero-order valence-electron chi connectivity index (χ0n) is 13.0. The summed E-state index contributed by atoms with van der Waals surface area (Å²) in [6.45, 7) is 0. The highest BCUT2D eigenvalue weighted by Crippen LogP contribution is 2.52. The van der Waals surface area contributed by atoms with Crippen LogP contribution in [0.5, 0.6) is 0 Å². The highest BCUT2D eigenvalue weighted by Gasteiger charge is 2.51. The molecule has 0 aliphatic carbocycles. The van der Waals surface area contributed by atoms with Gasteiger partial charge in [-0.15, -0.1) is 0 Å². The van der Waals surface area contributed by atoms with Gasteiger partial charge in [-0.3, -0.25) is 0 Å². The molecule has 0 saturated carbocycles. The second kappa shape index (κ2) is 6.34. The van der Waals surface area contributed by atoms with Crippen LogP contribution in [0.4, 0.5) is 0 Å². The van der Waals surface area contributed by atoms with Gasteiger partial charge in [0.25, 0.3) is 0 Å². The van der Waals surface area contributed by atoms with Gasteiger partial charge >= 0.3 is 0 Å². The maximum absolute atomic E-state index is 14.6. The van der Waals surface area contributed by atoms with Crippen molar-refractivity contribution in [3.8, 4) is 0 Å². The monoisotopic (exact) mass is 378 g/mol. The zero-order valence-corrected chi connectivity index (χ0v) is 14.6. The maximum Gasteiger partial charge on any atom is 0.203 e. The number of halogens is 1. The van der Waals surface area contributed by atoms with Gasteiger partial charge in [-0.05, 0) is 36.4 Å². The lowest BCUT2D eigenvalue weighted by Crippen LogP contribution is -2.65. The lowest BCUT2D eigenvalue weighted by atomic mass is 10.4. The normalized spacial score (nSPS) is 13.8. The van der Waals surface area contributed by atoms with Gasteiger partial charge in [0.2, 0.25) is 3.74 Å². The Bertz CT molecular complexity index is 802. The van der Waals surface area contributed by atoms with Crippen LogP contribution in [0.3, 0.4) is 0 Å². The molecule has 0 atom stereocenters. The molecule has 0 fully saturated rings. The summed E-state index contributed by atoms with van der Waals surface area (Å²) in [6, 6.07) is 23.6. The van der Waals surface area contributed by atoms with Crippen molar-refractivity contribution in [3.05, 3.63) is 91.0 Å². The van der Waals surface area contributed by atoms with Gasteiger partial charge in [0.15, 0.2) is 0 Å². The summed E-state index contributed by atoms with van der Waals surface area (Å²) in [7, 11) is -9.89. The quantitative estimate of drug-likeness (QED) is 0.654. The maximum atomic E-state index is 14.6. The van der Waals surface area contributed by atoms with Gasteiger partial charge < -0.3 is 0 Å². The summed E-state index contributed by atoms with van der Waals surface area (Å²) in [5, 5.41) is 0. The molecule has 0 amide bonds. The molecule has 0 heterocycles. The van der Waals surface area contributed by atoms with Gasteiger partial charge in [-0.2, -0.15) is 18.2 Å². The summed E-state index contributed by atoms with van der Waals surface area (Å²) in [5.41, 5.74) is 0. The van der Waals surface area contributed by atoms with Crippen molar-refractivity contribution in [1.29, 1.82) is 0 Å². The van der Waals surface area contributed by atoms with Gasteiger partial charge in [-0.1, -0.05) is 54.6 Å². The van der Waals surface area contributed by atoms with E-state index >= 15 is 0 Å². The minimum atomic E-state index is -4.98. The lowest BCUT2D eigenvalue weighted by molar-refractivity contribution is -1.91. The first-order valence-electron chi connectivity index (χ1n) is 7.29. The first-order chi connectivity index (χ1) is 11.8. The van der Waals surface area contributed by atoms with Crippen molar-refractivity contribution >= 4 is 9.35 Å². The van der Waals surface area contributed by atoms with E-state index < -0.39 is 19.6 Å². The summed E-state index contributed by atoms with van der Waals surface area (Å²) < 4.78 is 54.3. The van der Waals surface area contributed by atoms with Gasteiger partial charge in [0, 0.05) is 9.35 Å². The average molecular weight is 379 g/mol. The van der Waals surface area contributed by atoms with E-state index in [1.165, 1.54) is 36.4 Å². The van der Waals surface area contributed by atoms with Gasteiger partial charge in [0.05, 0.1) is 14.7 Å². The molecule has 0 aliphatic rings. The molecule has 0 spiro atoms. The second-order valence-corrected chi connectivity index (χ2v) is 9.68. The molecule has 3 rings (SSSR count). The van der Waals surface area contributed by atoms with E-state index in [9.17, 15) is 18.2 Å². The first-order valence-corrected chi connectivity index (χ1v) is 10.4. The van der Waals surface area contributed by atoms with Crippen LogP contribution in [0.15, 0.2) is 106 Å². The molecule has 25 heavy (non-hydrogen) atoms. The number of rotatable bonds is 5. The molecule has 3 aromatic rings. The average Bonchev–Trinajstić information content (AvgIpc) is 2.63. The summed E-state index contributed by atoms with van der Waals surface area (Å²) in [4.78, 5) is 0.261. The van der Waals surface area contributed by atoms with Gasteiger partial charge in [0.1, 0.15) is 10.2 Å².